The molecule has 47 heavy (non-hydrogen) atoms. The van der Waals surface area contributed by atoms with Gasteiger partial charge in [0.2, 0.25) is 23.6 Å². The topological polar surface area (TPSA) is 104 Å². The third-order valence-electron chi connectivity index (χ3n) is 10.2. The molecule has 2 heterocycles. The molecular weight excluding hydrogens is 613 g/mol. The summed E-state index contributed by atoms with van der Waals surface area (Å²) in [6.45, 7) is 5.31. The summed E-state index contributed by atoms with van der Waals surface area (Å²) in [7, 11) is 0. The van der Waals surface area contributed by atoms with Crippen LogP contribution in [-0.4, -0.2) is 35.1 Å². The summed E-state index contributed by atoms with van der Waals surface area (Å²) in [6, 6.07) is 18.1. The van der Waals surface area contributed by atoms with Crippen LogP contribution in [0.5, 0.6) is 11.5 Å². The molecule has 11 heteroatoms. The molecule has 2 aliphatic carbocycles. The predicted octanol–water partition coefficient (Wildman–Crippen LogP) is 6.37. The Labute approximate surface area is 267 Å². The van der Waals surface area contributed by atoms with Gasteiger partial charge in [-0.1, -0.05) is 54.6 Å². The average molecular weight is 643 g/mol. The highest BCUT2D eigenvalue weighted by molar-refractivity contribution is 6.25. The molecule has 1 saturated carbocycles. The molecule has 6 unspecified atom stereocenters. The maximum Gasteiger partial charge on any atom is 0.573 e. The summed E-state index contributed by atoms with van der Waals surface area (Å²) in [5.41, 5.74) is 0.431. The Bertz CT molecular complexity index is 1870. The number of allylic oxidation sites excluding steroid dienone is 2. The number of hydrogen-bond acceptors (Lipinski definition) is 6. The molecule has 3 aromatic rings. The van der Waals surface area contributed by atoms with Gasteiger partial charge in [0.05, 0.1) is 34.5 Å². The van der Waals surface area contributed by atoms with E-state index in [1.54, 1.807) is 73.7 Å². The minimum absolute atomic E-state index is 0.0432. The first-order valence-electron chi connectivity index (χ1n) is 15.2. The van der Waals surface area contributed by atoms with E-state index < -0.39 is 76.5 Å². The van der Waals surface area contributed by atoms with Gasteiger partial charge in [-0.2, -0.15) is 0 Å². The van der Waals surface area contributed by atoms with E-state index in [2.05, 4.69) is 11.3 Å². The van der Waals surface area contributed by atoms with Crippen LogP contribution in [0.2, 0.25) is 0 Å². The van der Waals surface area contributed by atoms with E-state index in [0.29, 0.717) is 16.9 Å². The van der Waals surface area contributed by atoms with E-state index in [-0.39, 0.29) is 18.4 Å². The minimum Gasteiger partial charge on any atom is -0.508 e. The van der Waals surface area contributed by atoms with Crippen LogP contribution in [0.1, 0.15) is 36.8 Å². The summed E-state index contributed by atoms with van der Waals surface area (Å²) >= 11 is 0. The number of amides is 4. The number of phenols is 1. The fraction of sp³-hybridized carbons (Fsp3) is 0.278. The zero-order valence-electron chi connectivity index (χ0n) is 25.1. The Morgan fingerprint density at radius 1 is 0.894 bits per heavy atom. The van der Waals surface area contributed by atoms with Crippen molar-refractivity contribution in [2.45, 2.75) is 32.0 Å². The number of nitrogens with zero attached hydrogens (tertiary/aromatic N) is 2. The summed E-state index contributed by atoms with van der Waals surface area (Å²) in [5.74, 6) is -7.45. The van der Waals surface area contributed by atoms with Crippen LogP contribution in [0, 0.1) is 29.1 Å². The summed E-state index contributed by atoms with van der Waals surface area (Å²) in [4.78, 5) is 58.8. The lowest BCUT2D eigenvalue weighted by Gasteiger charge is -2.49. The van der Waals surface area contributed by atoms with Crippen LogP contribution in [0.3, 0.4) is 0 Å². The van der Waals surface area contributed by atoms with Gasteiger partial charge in [0, 0.05) is 11.5 Å². The largest absolute Gasteiger partial charge is 0.573 e. The highest BCUT2D eigenvalue weighted by atomic mass is 19.4. The number of aromatic hydroxyl groups is 1. The van der Waals surface area contributed by atoms with Crippen molar-refractivity contribution >= 4 is 41.1 Å². The molecule has 240 valence electrons. The number of ether oxygens (including phenoxy) is 1. The summed E-state index contributed by atoms with van der Waals surface area (Å²) in [5, 5.41) is 11.2. The molecule has 0 radical (unpaired) electrons. The highest BCUT2D eigenvalue weighted by Crippen LogP contribution is 2.64. The molecule has 3 aromatic carbocycles. The van der Waals surface area contributed by atoms with Gasteiger partial charge in [0.25, 0.3) is 0 Å². The molecule has 8 nitrogen and oxygen atoms in total. The summed E-state index contributed by atoms with van der Waals surface area (Å²) in [6.07, 6.45) is -1.46. The quantitative estimate of drug-likeness (QED) is 0.256. The monoisotopic (exact) mass is 642 g/mol. The molecule has 6 atom stereocenters. The van der Waals surface area contributed by atoms with Crippen molar-refractivity contribution < 1.29 is 42.2 Å². The number of hydrogen-bond donors (Lipinski definition) is 1. The lowest BCUT2D eigenvalue weighted by molar-refractivity contribution is -0.274. The second-order valence-corrected chi connectivity index (χ2v) is 12.6. The molecule has 0 bridgehead atoms. The molecule has 3 fully saturated rings. The van der Waals surface area contributed by atoms with Crippen molar-refractivity contribution in [3.05, 3.63) is 102 Å². The SMILES string of the molecule is C=Cc1ccc(N2C(=O)C3CC=C4C(CC5C(=O)N(c6ccccc6)C(=O)C5(C)C4c4cc(OC(F)(F)F)ccc4O)C3C2=O)cc1. The maximum atomic E-state index is 14.4. The van der Waals surface area contributed by atoms with Crippen molar-refractivity contribution in [3.63, 3.8) is 0 Å². The van der Waals surface area contributed by atoms with E-state index in [1.165, 1.54) is 0 Å². The Hall–Kier alpha value is -5.19. The van der Waals surface area contributed by atoms with E-state index >= 15 is 0 Å². The molecule has 0 aromatic heterocycles. The van der Waals surface area contributed by atoms with Gasteiger partial charge >= 0.3 is 6.36 Å². The molecule has 4 aliphatic rings. The van der Waals surface area contributed by atoms with Crippen molar-refractivity contribution in [3.8, 4) is 11.5 Å². The number of alkyl halides is 3. The number of phenolic OH excluding ortho intramolecular Hbond substituents is 1. The zero-order valence-corrected chi connectivity index (χ0v) is 25.1. The fourth-order valence-corrected chi connectivity index (χ4v) is 8.16. The Morgan fingerprint density at radius 2 is 1.57 bits per heavy atom. The lowest BCUT2D eigenvalue weighted by atomic mass is 9.51. The number of carbonyl (C=O) groups is 4. The van der Waals surface area contributed by atoms with Gasteiger partial charge in [-0.25, -0.2) is 4.90 Å². The van der Waals surface area contributed by atoms with Crippen LogP contribution in [-0.2, 0) is 19.2 Å². The van der Waals surface area contributed by atoms with Gasteiger partial charge in [-0.15, -0.1) is 13.2 Å². The number of carbonyl (C=O) groups excluding carboxylic acids is 4. The Balaban J connectivity index is 1.37. The maximum absolute atomic E-state index is 14.4. The van der Waals surface area contributed by atoms with E-state index in [9.17, 15) is 37.5 Å². The van der Waals surface area contributed by atoms with Crippen molar-refractivity contribution in [2.24, 2.45) is 29.1 Å². The van der Waals surface area contributed by atoms with Crippen LogP contribution >= 0.6 is 0 Å². The van der Waals surface area contributed by atoms with Crippen LogP contribution in [0.25, 0.3) is 6.08 Å². The summed E-state index contributed by atoms with van der Waals surface area (Å²) < 4.78 is 44.1. The second-order valence-electron chi connectivity index (χ2n) is 12.6. The average Bonchev–Trinajstić information content (AvgIpc) is 3.41. The van der Waals surface area contributed by atoms with E-state index in [0.717, 1.165) is 33.6 Å². The molecule has 7 rings (SSSR count). The first-order chi connectivity index (χ1) is 22.3. The van der Waals surface area contributed by atoms with E-state index in [1.807, 2.05) is 0 Å². The third kappa shape index (κ3) is 4.58. The van der Waals surface area contributed by atoms with Crippen molar-refractivity contribution in [1.29, 1.82) is 0 Å². The second kappa shape index (κ2) is 10.7. The number of imide groups is 2. The first kappa shape index (κ1) is 30.5. The van der Waals surface area contributed by atoms with Gasteiger partial charge in [0.1, 0.15) is 11.5 Å². The minimum atomic E-state index is -5.03. The number of anilines is 2. The molecule has 2 aliphatic heterocycles. The molecule has 4 amide bonds. The smallest absolute Gasteiger partial charge is 0.508 e. The van der Waals surface area contributed by atoms with Crippen LogP contribution in [0.15, 0.2) is 91.0 Å². The number of halogens is 3. The molecule has 0 spiro atoms. The number of rotatable bonds is 5. The highest BCUT2D eigenvalue weighted by Gasteiger charge is 2.68. The lowest BCUT2D eigenvalue weighted by Crippen LogP contribution is -2.49. The standard InChI is InChI=1S/C36H29F3N2O6/c1-3-19-9-11-21(12-10-19)40-31(43)24-15-14-23-25(29(24)33(40)45)18-27-32(44)41(20-7-5-4-6-8-20)34(46)35(27,2)30(23)26-17-22(13-16-28(26)42)47-36(37,38)39/h3-14,16-17,24-25,27,29-30,42H,1,15,18H2,2H3. The van der Waals surface area contributed by atoms with Crippen LogP contribution < -0.4 is 14.5 Å². The normalized spacial score (nSPS) is 28.5. The molecule has 1 N–H and O–H groups in total. The van der Waals surface area contributed by atoms with Crippen molar-refractivity contribution in [1.82, 2.24) is 0 Å². The number of fused-ring (bicyclic) bond motifs is 4. The van der Waals surface area contributed by atoms with Gasteiger partial charge < -0.3 is 9.84 Å². The fourth-order valence-electron chi connectivity index (χ4n) is 8.16. The third-order valence-corrected chi connectivity index (χ3v) is 10.2. The van der Waals surface area contributed by atoms with Crippen molar-refractivity contribution in [2.75, 3.05) is 9.80 Å². The zero-order chi connectivity index (χ0) is 33.4. The van der Waals surface area contributed by atoms with Gasteiger partial charge in [-0.05, 0) is 73.7 Å². The van der Waals surface area contributed by atoms with Gasteiger partial charge in [-0.3, -0.25) is 24.1 Å². The Kier molecular flexibility index (Phi) is 6.92. The molecular formula is C36H29F3N2O6. The number of benzene rings is 3. The first-order valence-corrected chi connectivity index (χ1v) is 15.2. The van der Waals surface area contributed by atoms with Crippen LogP contribution in [0.4, 0.5) is 24.5 Å². The van der Waals surface area contributed by atoms with E-state index in [4.69, 9.17) is 0 Å². The predicted molar refractivity (Wildman–Crippen MR) is 165 cm³/mol. The Morgan fingerprint density at radius 3 is 2.23 bits per heavy atom. The molecule has 2 saturated heterocycles. The number of para-hydroxylation sites is 1. The van der Waals surface area contributed by atoms with Gasteiger partial charge in [0.15, 0.2) is 0 Å².